The van der Waals surface area contributed by atoms with Gasteiger partial charge in [0.2, 0.25) is 0 Å². The highest BCUT2D eigenvalue weighted by atomic mass is 28.4. The van der Waals surface area contributed by atoms with Crippen molar-refractivity contribution in [3.63, 3.8) is 0 Å². The molecule has 4 aliphatic carbocycles. The fourth-order valence-electron chi connectivity index (χ4n) is 7.73. The molecule has 0 amide bonds. The van der Waals surface area contributed by atoms with Crippen molar-refractivity contribution in [2.75, 3.05) is 0 Å². The molecular weight excluding hydrogens is 392 g/mol. The van der Waals surface area contributed by atoms with Crippen LogP contribution in [0.15, 0.2) is 36.0 Å². The molecule has 0 saturated heterocycles. The van der Waals surface area contributed by atoms with Gasteiger partial charge in [-0.05, 0) is 97.6 Å². The van der Waals surface area contributed by atoms with Gasteiger partial charge in [-0.3, -0.25) is 0 Å². The van der Waals surface area contributed by atoms with Gasteiger partial charge in [-0.25, -0.2) is 0 Å². The van der Waals surface area contributed by atoms with E-state index in [9.17, 15) is 0 Å². The normalized spacial score (nSPS) is 41.4. The predicted molar refractivity (Wildman–Crippen MR) is 137 cm³/mol. The fraction of sp³-hybridized carbons (Fsp3) is 0.793. The Hall–Kier alpha value is -0.603. The second-order valence-electron chi connectivity index (χ2n) is 13.4. The van der Waals surface area contributed by atoms with Crippen LogP contribution in [0.4, 0.5) is 0 Å². The highest BCUT2D eigenvalue weighted by molar-refractivity contribution is 6.74. The Morgan fingerprint density at radius 2 is 1.77 bits per heavy atom. The highest BCUT2D eigenvalue weighted by Gasteiger charge is 2.57. The smallest absolute Gasteiger partial charge is 0.192 e. The van der Waals surface area contributed by atoms with E-state index in [0.717, 1.165) is 24.2 Å². The van der Waals surface area contributed by atoms with Gasteiger partial charge < -0.3 is 4.43 Å². The van der Waals surface area contributed by atoms with Crippen molar-refractivity contribution in [3.05, 3.63) is 36.0 Å². The van der Waals surface area contributed by atoms with Gasteiger partial charge in [-0.2, -0.15) is 0 Å². The van der Waals surface area contributed by atoms with Gasteiger partial charge >= 0.3 is 0 Å². The highest BCUT2D eigenvalue weighted by Crippen LogP contribution is 2.66. The SMILES string of the molecule is C=C[C@H](C)[C@H]1CC[C@H]2C3=CC=C4C[C@@H](O[Si](C)(C)C(C)(C)C)CC[C@]4(C)[C@H]3CC[C@]12C. The van der Waals surface area contributed by atoms with Gasteiger partial charge in [0.05, 0.1) is 0 Å². The van der Waals surface area contributed by atoms with Crippen molar-refractivity contribution >= 4 is 8.32 Å². The van der Waals surface area contributed by atoms with Gasteiger partial charge in [0, 0.05) is 6.10 Å². The molecule has 0 heterocycles. The lowest BCUT2D eigenvalue weighted by Gasteiger charge is -2.55. The van der Waals surface area contributed by atoms with Crippen molar-refractivity contribution in [1.29, 1.82) is 0 Å². The molecule has 1 nitrogen and oxygen atoms in total. The zero-order valence-corrected chi connectivity index (χ0v) is 22.7. The van der Waals surface area contributed by atoms with E-state index in [-0.39, 0.29) is 5.04 Å². The molecule has 0 bridgehead atoms. The van der Waals surface area contributed by atoms with Crippen LogP contribution < -0.4 is 0 Å². The number of fused-ring (bicyclic) bond motifs is 5. The molecule has 4 aliphatic rings. The van der Waals surface area contributed by atoms with Gasteiger partial charge in [-0.1, -0.05) is 70.9 Å². The van der Waals surface area contributed by atoms with Crippen LogP contribution in [0.3, 0.4) is 0 Å². The summed E-state index contributed by atoms with van der Waals surface area (Å²) in [6, 6.07) is 0. The predicted octanol–water partition coefficient (Wildman–Crippen LogP) is 8.70. The van der Waals surface area contributed by atoms with Crippen LogP contribution in [0.2, 0.25) is 18.1 Å². The first kappa shape index (κ1) is 23.6. The van der Waals surface area contributed by atoms with Crippen molar-refractivity contribution in [3.8, 4) is 0 Å². The van der Waals surface area contributed by atoms with Crippen molar-refractivity contribution in [2.24, 2.45) is 34.5 Å². The van der Waals surface area contributed by atoms with Crippen LogP contribution in [0, 0.1) is 34.5 Å². The standard InChI is InChI=1S/C29H48OSi/c1-10-20(2)24-13-14-25-23-12-11-21-19-22(30-31(8,9)27(3,4)5)15-17-28(21,6)26(23)16-18-29(24,25)7/h10-12,20,22,24-26H,1,13-19H2,2-9H3/t20-,22-,24+,25-,26-,28-,29+/m0/s1. The molecule has 4 rings (SSSR count). The minimum atomic E-state index is -1.71. The van der Waals surface area contributed by atoms with Crippen molar-refractivity contribution < 1.29 is 4.43 Å². The molecule has 3 fully saturated rings. The van der Waals surface area contributed by atoms with E-state index >= 15 is 0 Å². The third kappa shape index (κ3) is 3.68. The molecule has 7 atom stereocenters. The zero-order chi connectivity index (χ0) is 22.8. The third-order valence-corrected chi connectivity index (χ3v) is 15.4. The summed E-state index contributed by atoms with van der Waals surface area (Å²) >= 11 is 0. The Morgan fingerprint density at radius 3 is 2.42 bits per heavy atom. The summed E-state index contributed by atoms with van der Waals surface area (Å²) in [7, 11) is -1.71. The second kappa shape index (κ2) is 7.72. The molecule has 3 saturated carbocycles. The summed E-state index contributed by atoms with van der Waals surface area (Å²) in [6.07, 6.45) is 17.0. The molecule has 0 aromatic rings. The monoisotopic (exact) mass is 440 g/mol. The van der Waals surface area contributed by atoms with Crippen molar-refractivity contribution in [1.82, 2.24) is 0 Å². The van der Waals surface area contributed by atoms with E-state index in [0.29, 0.717) is 22.9 Å². The first-order chi connectivity index (χ1) is 14.3. The summed E-state index contributed by atoms with van der Waals surface area (Å²) < 4.78 is 6.88. The van der Waals surface area contributed by atoms with E-state index in [2.05, 4.69) is 79.4 Å². The molecule has 0 aromatic heterocycles. The summed E-state index contributed by atoms with van der Waals surface area (Å²) in [5.74, 6) is 3.00. The molecular formula is C29H48OSi. The Bertz CT molecular complexity index is 783. The lowest BCUT2D eigenvalue weighted by atomic mass is 9.50. The summed E-state index contributed by atoms with van der Waals surface area (Å²) in [5, 5.41) is 0.289. The van der Waals surface area contributed by atoms with Gasteiger partial charge in [-0.15, -0.1) is 6.58 Å². The van der Waals surface area contributed by atoms with Gasteiger partial charge in [0.25, 0.3) is 0 Å². The van der Waals surface area contributed by atoms with E-state index in [1.54, 1.807) is 5.57 Å². The number of rotatable bonds is 4. The van der Waals surface area contributed by atoms with Crippen molar-refractivity contribution in [2.45, 2.75) is 111 Å². The van der Waals surface area contributed by atoms with Crippen LogP contribution in [0.25, 0.3) is 0 Å². The summed E-state index contributed by atoms with van der Waals surface area (Å²) in [5.41, 5.74) is 4.33. The zero-order valence-electron chi connectivity index (χ0n) is 21.7. The first-order valence-electron chi connectivity index (χ1n) is 13.0. The molecule has 0 radical (unpaired) electrons. The maximum Gasteiger partial charge on any atom is 0.192 e. The Morgan fingerprint density at radius 1 is 1.06 bits per heavy atom. The van der Waals surface area contributed by atoms with E-state index in [1.165, 1.54) is 38.5 Å². The van der Waals surface area contributed by atoms with Gasteiger partial charge in [0.1, 0.15) is 0 Å². The number of hydrogen-bond donors (Lipinski definition) is 0. The lowest BCUT2D eigenvalue weighted by molar-refractivity contribution is 0.0406. The molecule has 2 heteroatoms. The Kier molecular flexibility index (Phi) is 5.87. The van der Waals surface area contributed by atoms with E-state index in [4.69, 9.17) is 4.43 Å². The van der Waals surface area contributed by atoms with Crippen LogP contribution in [-0.2, 0) is 4.43 Å². The largest absolute Gasteiger partial charge is 0.414 e. The molecule has 0 unspecified atom stereocenters. The minimum absolute atomic E-state index is 0.289. The molecule has 0 N–H and O–H groups in total. The topological polar surface area (TPSA) is 9.23 Å². The quantitative estimate of drug-likeness (QED) is 0.314. The molecule has 0 aliphatic heterocycles. The summed E-state index contributed by atoms with van der Waals surface area (Å²) in [4.78, 5) is 0. The van der Waals surface area contributed by atoms with E-state index in [1.807, 2.05) is 5.57 Å². The maximum absolute atomic E-state index is 6.88. The van der Waals surface area contributed by atoms with Crippen LogP contribution in [0.1, 0.15) is 86.5 Å². The maximum atomic E-state index is 6.88. The first-order valence-corrected chi connectivity index (χ1v) is 16.0. The molecule has 31 heavy (non-hydrogen) atoms. The van der Waals surface area contributed by atoms with Gasteiger partial charge in [0.15, 0.2) is 8.32 Å². The second-order valence-corrected chi connectivity index (χ2v) is 18.2. The molecule has 0 aromatic carbocycles. The minimum Gasteiger partial charge on any atom is -0.414 e. The number of allylic oxidation sites excluding steroid dienone is 4. The average Bonchev–Trinajstić information content (AvgIpc) is 3.04. The molecule has 0 spiro atoms. The Balaban J connectivity index is 1.57. The third-order valence-electron chi connectivity index (χ3n) is 10.9. The van der Waals surface area contributed by atoms with E-state index < -0.39 is 8.32 Å². The summed E-state index contributed by atoms with van der Waals surface area (Å²) in [6.45, 7) is 23.7. The molecule has 174 valence electrons. The van der Waals surface area contributed by atoms with Crippen LogP contribution in [-0.4, -0.2) is 14.4 Å². The van der Waals surface area contributed by atoms with Crippen LogP contribution >= 0.6 is 0 Å². The number of hydrogen-bond acceptors (Lipinski definition) is 1. The average molecular weight is 441 g/mol. The van der Waals surface area contributed by atoms with Crippen LogP contribution in [0.5, 0.6) is 0 Å². The fourth-order valence-corrected chi connectivity index (χ4v) is 9.12. The Labute approximate surface area is 193 Å². The lowest BCUT2D eigenvalue weighted by Crippen LogP contribution is -2.49.